The van der Waals surface area contributed by atoms with E-state index in [2.05, 4.69) is 5.48 Å². The lowest BCUT2D eigenvalue weighted by Crippen LogP contribution is -2.40. The molecular weight excluding hydrogens is 238 g/mol. The van der Waals surface area contributed by atoms with Crippen LogP contribution >= 0.6 is 0 Å². The van der Waals surface area contributed by atoms with E-state index in [1.54, 1.807) is 20.8 Å². The summed E-state index contributed by atoms with van der Waals surface area (Å²) in [6.07, 6.45) is 0.581. The zero-order valence-electron chi connectivity index (χ0n) is 11.3. The van der Waals surface area contributed by atoms with Crippen LogP contribution in [0.15, 0.2) is 0 Å². The highest BCUT2D eigenvalue weighted by Crippen LogP contribution is 2.20. The van der Waals surface area contributed by atoms with Gasteiger partial charge in [-0.2, -0.15) is 5.48 Å². The predicted molar refractivity (Wildman–Crippen MR) is 64.9 cm³/mol. The average Bonchev–Trinajstić information content (AvgIpc) is 2.29. The van der Waals surface area contributed by atoms with Crippen molar-refractivity contribution in [3.63, 3.8) is 0 Å². The fraction of sp³-hybridized carbons (Fsp3) is 0.917. The van der Waals surface area contributed by atoms with E-state index in [1.165, 1.54) is 0 Å². The van der Waals surface area contributed by atoms with E-state index in [1.807, 2.05) is 0 Å². The second-order valence-electron chi connectivity index (χ2n) is 5.39. The summed E-state index contributed by atoms with van der Waals surface area (Å²) in [5.41, 5.74) is 1.66. The van der Waals surface area contributed by atoms with Crippen LogP contribution in [-0.2, 0) is 14.3 Å². The highest BCUT2D eigenvalue weighted by Gasteiger charge is 2.26. The number of amides is 1. The molecule has 1 saturated heterocycles. The first-order chi connectivity index (χ1) is 8.42. The maximum atomic E-state index is 11.4. The van der Waals surface area contributed by atoms with Gasteiger partial charge in [-0.15, -0.1) is 0 Å². The average molecular weight is 261 g/mol. The molecule has 1 aliphatic rings. The van der Waals surface area contributed by atoms with Gasteiger partial charge in [0.05, 0.1) is 6.61 Å². The number of hydrogen-bond donors (Lipinski definition) is 2. The minimum atomic E-state index is -0.645. The standard InChI is InChI=1S/C12H23NO5/c1-12(2,3)17-11(15)13-18-10(8-14)9-4-6-16-7-5-9/h9-10,14H,4-8H2,1-3H3,(H,13,15). The van der Waals surface area contributed by atoms with Crippen molar-refractivity contribution in [3.05, 3.63) is 0 Å². The van der Waals surface area contributed by atoms with Gasteiger partial charge < -0.3 is 14.6 Å². The van der Waals surface area contributed by atoms with Crippen molar-refractivity contribution in [1.29, 1.82) is 0 Å². The van der Waals surface area contributed by atoms with Crippen LogP contribution in [0.25, 0.3) is 0 Å². The van der Waals surface area contributed by atoms with Crippen LogP contribution in [0.5, 0.6) is 0 Å². The van der Waals surface area contributed by atoms with Gasteiger partial charge in [0.15, 0.2) is 0 Å². The van der Waals surface area contributed by atoms with Crippen molar-refractivity contribution >= 4 is 6.09 Å². The van der Waals surface area contributed by atoms with Gasteiger partial charge in [-0.25, -0.2) is 4.79 Å². The van der Waals surface area contributed by atoms with Gasteiger partial charge in [-0.05, 0) is 39.5 Å². The third kappa shape index (κ3) is 5.66. The zero-order chi connectivity index (χ0) is 13.6. The maximum absolute atomic E-state index is 11.4. The van der Waals surface area contributed by atoms with Gasteiger partial charge in [-0.3, -0.25) is 4.84 Å². The Morgan fingerprint density at radius 1 is 1.44 bits per heavy atom. The topological polar surface area (TPSA) is 77.0 Å². The normalized spacial score (nSPS) is 19.3. The van der Waals surface area contributed by atoms with E-state index in [0.29, 0.717) is 13.2 Å². The molecule has 0 bridgehead atoms. The van der Waals surface area contributed by atoms with Gasteiger partial charge in [0.25, 0.3) is 0 Å². The lowest BCUT2D eigenvalue weighted by atomic mass is 9.94. The smallest absolute Gasteiger partial charge is 0.431 e. The van der Waals surface area contributed by atoms with E-state index in [0.717, 1.165) is 12.8 Å². The highest BCUT2D eigenvalue weighted by molar-refractivity contribution is 5.66. The van der Waals surface area contributed by atoms with Crippen LogP contribution in [0.4, 0.5) is 4.79 Å². The summed E-state index contributed by atoms with van der Waals surface area (Å²) in [5, 5.41) is 9.27. The minimum absolute atomic E-state index is 0.138. The molecule has 1 atom stereocenters. The molecule has 2 N–H and O–H groups in total. The largest absolute Gasteiger partial charge is 0.442 e. The molecule has 0 radical (unpaired) electrons. The fourth-order valence-corrected chi connectivity index (χ4v) is 1.79. The first-order valence-corrected chi connectivity index (χ1v) is 6.25. The second-order valence-corrected chi connectivity index (χ2v) is 5.39. The molecule has 1 amide bonds. The Morgan fingerprint density at radius 3 is 2.56 bits per heavy atom. The van der Waals surface area contributed by atoms with Gasteiger partial charge in [0.2, 0.25) is 0 Å². The highest BCUT2D eigenvalue weighted by atomic mass is 16.7. The van der Waals surface area contributed by atoms with E-state index in [9.17, 15) is 9.90 Å². The SMILES string of the molecule is CC(C)(C)OC(=O)NOC(CO)C1CCOCC1. The van der Waals surface area contributed by atoms with Crippen LogP contribution < -0.4 is 5.48 Å². The molecule has 0 aromatic carbocycles. The molecule has 1 rings (SSSR count). The van der Waals surface area contributed by atoms with Gasteiger partial charge in [-0.1, -0.05) is 0 Å². The Morgan fingerprint density at radius 2 is 2.06 bits per heavy atom. The number of hydroxylamine groups is 1. The predicted octanol–water partition coefficient (Wildman–Crippen LogP) is 1.23. The Bertz CT molecular complexity index is 258. The summed E-state index contributed by atoms with van der Waals surface area (Å²) in [5.74, 6) is 0.193. The Hall–Kier alpha value is -0.850. The molecule has 1 fully saturated rings. The maximum Gasteiger partial charge on any atom is 0.431 e. The number of carbonyl (C=O) groups is 1. The molecule has 0 saturated carbocycles. The third-order valence-corrected chi connectivity index (χ3v) is 2.66. The molecule has 1 aliphatic heterocycles. The summed E-state index contributed by atoms with van der Waals surface area (Å²) in [7, 11) is 0. The number of aliphatic hydroxyl groups excluding tert-OH is 1. The summed E-state index contributed by atoms with van der Waals surface area (Å²) >= 11 is 0. The van der Waals surface area contributed by atoms with Crippen molar-refractivity contribution in [3.8, 4) is 0 Å². The molecule has 6 heteroatoms. The van der Waals surface area contributed by atoms with Crippen LogP contribution in [0.1, 0.15) is 33.6 Å². The van der Waals surface area contributed by atoms with Gasteiger partial charge >= 0.3 is 6.09 Å². The van der Waals surface area contributed by atoms with Crippen LogP contribution in [-0.4, -0.2) is 42.7 Å². The monoisotopic (exact) mass is 261 g/mol. The van der Waals surface area contributed by atoms with Crippen molar-refractivity contribution in [2.75, 3.05) is 19.8 Å². The number of nitrogens with one attached hydrogen (secondary N) is 1. The molecule has 1 unspecified atom stereocenters. The fourth-order valence-electron chi connectivity index (χ4n) is 1.79. The summed E-state index contributed by atoms with van der Waals surface area (Å²) < 4.78 is 10.3. The Labute approximate surface area is 108 Å². The Kier molecular flexibility index (Phi) is 5.84. The zero-order valence-corrected chi connectivity index (χ0v) is 11.3. The molecule has 0 aromatic heterocycles. The van der Waals surface area contributed by atoms with Crippen LogP contribution in [0, 0.1) is 5.92 Å². The van der Waals surface area contributed by atoms with Crippen molar-refractivity contribution in [1.82, 2.24) is 5.48 Å². The number of ether oxygens (including phenoxy) is 2. The Balaban J connectivity index is 2.32. The molecule has 1 heterocycles. The molecular formula is C12H23NO5. The number of aliphatic hydroxyl groups is 1. The quantitative estimate of drug-likeness (QED) is 0.744. The lowest BCUT2D eigenvalue weighted by Gasteiger charge is -2.28. The van der Waals surface area contributed by atoms with Crippen molar-refractivity contribution in [2.45, 2.75) is 45.3 Å². The molecule has 106 valence electrons. The molecule has 0 aromatic rings. The van der Waals surface area contributed by atoms with Gasteiger partial charge in [0.1, 0.15) is 11.7 Å². The van der Waals surface area contributed by atoms with Crippen molar-refractivity contribution in [2.24, 2.45) is 5.92 Å². The number of carbonyl (C=O) groups excluding carboxylic acids is 1. The summed E-state index contributed by atoms with van der Waals surface area (Å²) in [6, 6.07) is 0. The van der Waals surface area contributed by atoms with Gasteiger partial charge in [0, 0.05) is 13.2 Å². The van der Waals surface area contributed by atoms with E-state index < -0.39 is 17.8 Å². The van der Waals surface area contributed by atoms with Crippen LogP contribution in [0.2, 0.25) is 0 Å². The summed E-state index contributed by atoms with van der Waals surface area (Å²) in [6.45, 7) is 6.51. The number of hydrogen-bond acceptors (Lipinski definition) is 5. The molecule has 18 heavy (non-hydrogen) atoms. The molecule has 6 nitrogen and oxygen atoms in total. The van der Waals surface area contributed by atoms with Crippen LogP contribution in [0.3, 0.4) is 0 Å². The first kappa shape index (κ1) is 15.2. The van der Waals surface area contributed by atoms with E-state index in [-0.39, 0.29) is 12.5 Å². The molecule has 0 aliphatic carbocycles. The third-order valence-electron chi connectivity index (χ3n) is 2.66. The molecule has 0 spiro atoms. The lowest BCUT2D eigenvalue weighted by molar-refractivity contribution is -0.0994. The number of rotatable bonds is 4. The van der Waals surface area contributed by atoms with E-state index >= 15 is 0 Å². The first-order valence-electron chi connectivity index (χ1n) is 6.25. The minimum Gasteiger partial charge on any atom is -0.442 e. The van der Waals surface area contributed by atoms with E-state index in [4.69, 9.17) is 14.3 Å². The van der Waals surface area contributed by atoms with Crippen molar-refractivity contribution < 1.29 is 24.2 Å². The summed E-state index contributed by atoms with van der Waals surface area (Å²) in [4.78, 5) is 16.6. The second kappa shape index (κ2) is 6.92.